The molecule has 3 nitrogen and oxygen atoms in total. The largest absolute Gasteiger partial charge is 0.419 e. The first-order valence-corrected chi connectivity index (χ1v) is 5.44. The van der Waals surface area contributed by atoms with E-state index >= 15 is 0 Å². The molecular formula is C12H11F4N3. The molecule has 1 heterocycles. The van der Waals surface area contributed by atoms with Crippen molar-refractivity contribution in [2.24, 2.45) is 7.05 Å². The molecule has 0 radical (unpaired) electrons. The predicted octanol–water partition coefficient (Wildman–Crippen LogP) is 3.19. The quantitative estimate of drug-likeness (QED) is 0.870. The van der Waals surface area contributed by atoms with Crippen LogP contribution >= 0.6 is 0 Å². The fraction of sp³-hybridized carbons (Fsp3) is 0.250. The molecule has 0 atom stereocenters. The summed E-state index contributed by atoms with van der Waals surface area (Å²) in [4.78, 5) is 0. The molecule has 0 aliphatic rings. The van der Waals surface area contributed by atoms with Crippen LogP contribution < -0.4 is 5.32 Å². The van der Waals surface area contributed by atoms with E-state index in [2.05, 4.69) is 10.4 Å². The molecule has 0 bridgehead atoms. The first kappa shape index (κ1) is 13.4. The zero-order valence-corrected chi connectivity index (χ0v) is 10.0. The van der Waals surface area contributed by atoms with Gasteiger partial charge in [-0.1, -0.05) is 0 Å². The minimum absolute atomic E-state index is 0.206. The van der Waals surface area contributed by atoms with Crippen LogP contribution in [0.25, 0.3) is 0 Å². The zero-order valence-electron chi connectivity index (χ0n) is 10.0. The van der Waals surface area contributed by atoms with E-state index in [0.717, 1.165) is 17.7 Å². The standard InChI is InChI=1S/C12H11F4N3/c1-19-7-8(6-18-19)5-17-9-2-3-11(13)10(4-9)12(14,15)16/h2-4,6-7,17H,5H2,1H3. The molecule has 102 valence electrons. The Morgan fingerprint density at radius 3 is 2.63 bits per heavy atom. The molecule has 0 aliphatic carbocycles. The fourth-order valence-corrected chi connectivity index (χ4v) is 1.62. The number of nitrogens with zero attached hydrogens (tertiary/aromatic N) is 2. The van der Waals surface area contributed by atoms with Gasteiger partial charge in [0, 0.05) is 31.0 Å². The van der Waals surface area contributed by atoms with E-state index in [1.807, 2.05) is 0 Å². The Morgan fingerprint density at radius 2 is 2.05 bits per heavy atom. The van der Waals surface area contributed by atoms with Gasteiger partial charge in [0.1, 0.15) is 5.82 Å². The van der Waals surface area contributed by atoms with Gasteiger partial charge in [-0.15, -0.1) is 0 Å². The molecule has 0 amide bonds. The number of anilines is 1. The van der Waals surface area contributed by atoms with Crippen molar-refractivity contribution in [3.8, 4) is 0 Å². The third-order valence-electron chi connectivity index (χ3n) is 2.53. The smallest absolute Gasteiger partial charge is 0.381 e. The summed E-state index contributed by atoms with van der Waals surface area (Å²) in [7, 11) is 1.74. The van der Waals surface area contributed by atoms with Crippen molar-refractivity contribution in [2.75, 3.05) is 5.32 Å². The lowest BCUT2D eigenvalue weighted by molar-refractivity contribution is -0.139. The van der Waals surface area contributed by atoms with Gasteiger partial charge in [0.15, 0.2) is 0 Å². The van der Waals surface area contributed by atoms with Gasteiger partial charge in [-0.25, -0.2) is 4.39 Å². The predicted molar refractivity (Wildman–Crippen MR) is 61.9 cm³/mol. The number of aryl methyl sites for hydroxylation is 1. The minimum atomic E-state index is -4.70. The van der Waals surface area contributed by atoms with Crippen LogP contribution in [0.5, 0.6) is 0 Å². The zero-order chi connectivity index (χ0) is 14.0. The molecule has 1 aromatic carbocycles. The first-order chi connectivity index (χ1) is 8.86. The molecule has 7 heteroatoms. The number of hydrogen-bond acceptors (Lipinski definition) is 2. The minimum Gasteiger partial charge on any atom is -0.381 e. The van der Waals surface area contributed by atoms with Crippen molar-refractivity contribution in [3.05, 3.63) is 47.5 Å². The molecule has 0 aliphatic heterocycles. The van der Waals surface area contributed by atoms with Crippen molar-refractivity contribution in [2.45, 2.75) is 12.7 Å². The van der Waals surface area contributed by atoms with E-state index in [4.69, 9.17) is 0 Å². The Balaban J connectivity index is 2.13. The van der Waals surface area contributed by atoms with Gasteiger partial charge >= 0.3 is 6.18 Å². The first-order valence-electron chi connectivity index (χ1n) is 5.44. The topological polar surface area (TPSA) is 29.9 Å². The lowest BCUT2D eigenvalue weighted by Gasteiger charge is -2.11. The Bertz CT molecular complexity index is 575. The summed E-state index contributed by atoms with van der Waals surface area (Å²) in [6, 6.07) is 2.82. The molecular weight excluding hydrogens is 262 g/mol. The van der Waals surface area contributed by atoms with Crippen LogP contribution in [0.1, 0.15) is 11.1 Å². The maximum Gasteiger partial charge on any atom is 0.419 e. The molecule has 19 heavy (non-hydrogen) atoms. The Hall–Kier alpha value is -2.05. The highest BCUT2D eigenvalue weighted by atomic mass is 19.4. The summed E-state index contributed by atoms with van der Waals surface area (Å²) in [5, 5.41) is 6.73. The van der Waals surface area contributed by atoms with Crippen LogP contribution in [0.15, 0.2) is 30.6 Å². The molecule has 0 saturated heterocycles. The summed E-state index contributed by atoms with van der Waals surface area (Å²) in [5.74, 6) is -1.28. The fourth-order valence-electron chi connectivity index (χ4n) is 1.62. The number of halogens is 4. The van der Waals surface area contributed by atoms with Gasteiger partial charge in [0.2, 0.25) is 0 Å². The highest BCUT2D eigenvalue weighted by Crippen LogP contribution is 2.33. The summed E-state index contributed by atoms with van der Waals surface area (Å²) < 4.78 is 52.2. The summed E-state index contributed by atoms with van der Waals surface area (Å²) in [5.41, 5.74) is -0.248. The Kier molecular flexibility index (Phi) is 3.46. The van der Waals surface area contributed by atoms with E-state index in [9.17, 15) is 17.6 Å². The molecule has 2 aromatic rings. The third-order valence-corrected chi connectivity index (χ3v) is 2.53. The average molecular weight is 273 g/mol. The summed E-state index contributed by atoms with van der Waals surface area (Å²) in [6.45, 7) is 0.316. The number of aromatic nitrogens is 2. The van der Waals surface area contributed by atoms with Crippen LogP contribution in [-0.2, 0) is 19.8 Å². The van der Waals surface area contributed by atoms with E-state index < -0.39 is 17.6 Å². The number of benzene rings is 1. The van der Waals surface area contributed by atoms with Crippen molar-refractivity contribution in [3.63, 3.8) is 0 Å². The molecule has 0 spiro atoms. The molecule has 1 aromatic heterocycles. The van der Waals surface area contributed by atoms with Crippen LogP contribution in [0, 0.1) is 5.82 Å². The second-order valence-electron chi connectivity index (χ2n) is 4.07. The normalized spacial score (nSPS) is 11.6. The van der Waals surface area contributed by atoms with Crippen LogP contribution in [-0.4, -0.2) is 9.78 Å². The maximum absolute atomic E-state index is 13.1. The third kappa shape index (κ3) is 3.24. The molecule has 1 N–H and O–H groups in total. The van der Waals surface area contributed by atoms with Crippen molar-refractivity contribution < 1.29 is 17.6 Å². The van der Waals surface area contributed by atoms with E-state index in [0.29, 0.717) is 6.54 Å². The molecule has 0 fully saturated rings. The molecule has 0 saturated carbocycles. The Morgan fingerprint density at radius 1 is 1.32 bits per heavy atom. The summed E-state index contributed by atoms with van der Waals surface area (Å²) >= 11 is 0. The highest BCUT2D eigenvalue weighted by molar-refractivity contribution is 5.47. The number of alkyl halides is 3. The summed E-state index contributed by atoms with van der Waals surface area (Å²) in [6.07, 6.45) is -1.36. The van der Waals surface area contributed by atoms with Crippen LogP contribution in [0.2, 0.25) is 0 Å². The van der Waals surface area contributed by atoms with Gasteiger partial charge < -0.3 is 5.32 Å². The van der Waals surface area contributed by atoms with Gasteiger partial charge in [0.25, 0.3) is 0 Å². The second-order valence-corrected chi connectivity index (χ2v) is 4.07. The number of hydrogen-bond donors (Lipinski definition) is 1. The highest BCUT2D eigenvalue weighted by Gasteiger charge is 2.34. The van der Waals surface area contributed by atoms with E-state index in [-0.39, 0.29) is 5.69 Å². The average Bonchev–Trinajstić information content (AvgIpc) is 2.72. The van der Waals surface area contributed by atoms with Crippen molar-refractivity contribution >= 4 is 5.69 Å². The SMILES string of the molecule is Cn1cc(CNc2ccc(F)c(C(F)(F)F)c2)cn1. The Labute approximate surface area is 106 Å². The van der Waals surface area contributed by atoms with Crippen LogP contribution in [0.4, 0.5) is 23.2 Å². The van der Waals surface area contributed by atoms with Gasteiger partial charge in [0.05, 0.1) is 11.8 Å². The number of nitrogens with one attached hydrogen (secondary N) is 1. The number of rotatable bonds is 3. The van der Waals surface area contributed by atoms with Crippen molar-refractivity contribution in [1.29, 1.82) is 0 Å². The van der Waals surface area contributed by atoms with Gasteiger partial charge in [-0.2, -0.15) is 18.3 Å². The monoisotopic (exact) mass is 273 g/mol. The lowest BCUT2D eigenvalue weighted by Crippen LogP contribution is -2.09. The maximum atomic E-state index is 13.1. The van der Waals surface area contributed by atoms with Gasteiger partial charge in [-0.3, -0.25) is 4.68 Å². The van der Waals surface area contributed by atoms with E-state index in [1.54, 1.807) is 24.1 Å². The molecule has 0 unspecified atom stereocenters. The van der Waals surface area contributed by atoms with Crippen molar-refractivity contribution in [1.82, 2.24) is 9.78 Å². The van der Waals surface area contributed by atoms with Gasteiger partial charge in [-0.05, 0) is 18.2 Å². The van der Waals surface area contributed by atoms with E-state index in [1.165, 1.54) is 6.07 Å². The van der Waals surface area contributed by atoms with Crippen LogP contribution in [0.3, 0.4) is 0 Å². The lowest BCUT2D eigenvalue weighted by atomic mass is 10.1. The second kappa shape index (κ2) is 4.91. The molecule has 2 rings (SSSR count).